The highest BCUT2D eigenvalue weighted by molar-refractivity contribution is 6.08. The van der Waals surface area contributed by atoms with E-state index in [1.807, 2.05) is 50.4 Å². The summed E-state index contributed by atoms with van der Waals surface area (Å²) in [6.07, 6.45) is 3.67. The number of carbonyl (C=O) groups is 1. The number of benzene rings is 2. The summed E-state index contributed by atoms with van der Waals surface area (Å²) >= 11 is 0. The van der Waals surface area contributed by atoms with Crippen LogP contribution in [0.15, 0.2) is 72.4 Å². The van der Waals surface area contributed by atoms with Crippen molar-refractivity contribution in [2.24, 2.45) is 0 Å². The second-order valence-electron chi connectivity index (χ2n) is 7.78. The summed E-state index contributed by atoms with van der Waals surface area (Å²) in [4.78, 5) is 12.8. The normalized spacial score (nSPS) is 11.5. The van der Waals surface area contributed by atoms with Crippen molar-refractivity contribution < 1.29 is 4.79 Å². The molecule has 154 valence electrons. The fourth-order valence-corrected chi connectivity index (χ4v) is 3.72. The summed E-state index contributed by atoms with van der Waals surface area (Å²) in [5.74, 6) is -0.430. The highest BCUT2D eigenvalue weighted by Crippen LogP contribution is 2.25. The van der Waals surface area contributed by atoms with Crippen LogP contribution in [0.25, 0.3) is 17.0 Å². The number of amides is 1. The van der Waals surface area contributed by atoms with Crippen molar-refractivity contribution in [2.45, 2.75) is 27.3 Å². The van der Waals surface area contributed by atoms with Crippen molar-refractivity contribution in [3.63, 3.8) is 0 Å². The molecule has 0 saturated heterocycles. The van der Waals surface area contributed by atoms with E-state index in [9.17, 15) is 10.1 Å². The summed E-state index contributed by atoms with van der Waals surface area (Å²) in [5, 5.41) is 10.7. The lowest BCUT2D eigenvalue weighted by Gasteiger charge is -2.10. The topological polar surface area (TPSA) is 62.8 Å². The largest absolute Gasteiger partial charge is 0.342 e. The summed E-state index contributed by atoms with van der Waals surface area (Å²) in [6, 6.07) is 22.4. The molecule has 4 rings (SSSR count). The van der Waals surface area contributed by atoms with Crippen LogP contribution in [-0.2, 0) is 11.3 Å². The van der Waals surface area contributed by atoms with E-state index in [0.29, 0.717) is 6.54 Å². The number of hydrogen-bond donors (Lipinski definition) is 1. The van der Waals surface area contributed by atoms with Crippen LogP contribution in [0.4, 0.5) is 0 Å². The van der Waals surface area contributed by atoms with Crippen molar-refractivity contribution in [3.05, 3.63) is 101 Å². The van der Waals surface area contributed by atoms with E-state index >= 15 is 0 Å². The smallest absolute Gasteiger partial charge is 0.280 e. The Hall–Kier alpha value is -4.04. The SMILES string of the molecule is Cc1ccc(Cn2cc(/C=C(\C#N)C(=O)Nn3c(C)ccc3C)c3ccccc32)cc1. The molecule has 0 spiro atoms. The van der Waals surface area contributed by atoms with Crippen LogP contribution >= 0.6 is 0 Å². The van der Waals surface area contributed by atoms with Gasteiger partial charge in [-0.05, 0) is 50.6 Å². The van der Waals surface area contributed by atoms with E-state index in [4.69, 9.17) is 0 Å². The molecule has 5 nitrogen and oxygen atoms in total. The Morgan fingerprint density at radius 3 is 2.35 bits per heavy atom. The maximum Gasteiger partial charge on any atom is 0.280 e. The summed E-state index contributed by atoms with van der Waals surface area (Å²) in [7, 11) is 0. The minimum absolute atomic E-state index is 0.0609. The molecule has 1 N–H and O–H groups in total. The summed E-state index contributed by atoms with van der Waals surface area (Å²) in [5.41, 5.74) is 8.99. The van der Waals surface area contributed by atoms with E-state index in [0.717, 1.165) is 27.9 Å². The number of nitriles is 1. The van der Waals surface area contributed by atoms with Gasteiger partial charge in [0.1, 0.15) is 11.6 Å². The molecule has 0 aliphatic heterocycles. The lowest BCUT2D eigenvalue weighted by molar-refractivity contribution is -0.113. The number of nitrogens with zero attached hydrogens (tertiary/aromatic N) is 3. The molecule has 1 amide bonds. The predicted octanol–water partition coefficient (Wildman–Crippen LogP) is 5.09. The molecule has 31 heavy (non-hydrogen) atoms. The zero-order chi connectivity index (χ0) is 22.0. The van der Waals surface area contributed by atoms with Crippen molar-refractivity contribution in [1.29, 1.82) is 5.26 Å². The van der Waals surface area contributed by atoms with Gasteiger partial charge in [0.15, 0.2) is 0 Å². The van der Waals surface area contributed by atoms with Gasteiger partial charge in [0, 0.05) is 40.6 Å². The first-order valence-corrected chi connectivity index (χ1v) is 10.2. The number of hydrogen-bond acceptors (Lipinski definition) is 2. The Kier molecular flexibility index (Phi) is 5.46. The highest BCUT2D eigenvalue weighted by Gasteiger charge is 2.14. The van der Waals surface area contributed by atoms with Crippen LogP contribution in [0.5, 0.6) is 0 Å². The van der Waals surface area contributed by atoms with E-state index < -0.39 is 5.91 Å². The van der Waals surface area contributed by atoms with E-state index in [-0.39, 0.29) is 5.57 Å². The molecule has 2 aromatic heterocycles. The van der Waals surface area contributed by atoms with Crippen LogP contribution in [0, 0.1) is 32.1 Å². The van der Waals surface area contributed by atoms with E-state index in [2.05, 4.69) is 53.3 Å². The molecule has 0 aliphatic carbocycles. The minimum atomic E-state index is -0.430. The molecule has 4 aromatic rings. The molecule has 0 saturated carbocycles. The maximum absolute atomic E-state index is 12.8. The molecule has 0 fully saturated rings. The van der Waals surface area contributed by atoms with Crippen LogP contribution in [0.3, 0.4) is 0 Å². The Morgan fingerprint density at radius 2 is 1.68 bits per heavy atom. The Balaban J connectivity index is 1.69. The van der Waals surface area contributed by atoms with Crippen molar-refractivity contribution >= 4 is 22.9 Å². The third kappa shape index (κ3) is 4.15. The predicted molar refractivity (Wildman–Crippen MR) is 124 cm³/mol. The average molecular weight is 409 g/mol. The van der Waals surface area contributed by atoms with Crippen molar-refractivity contribution in [2.75, 3.05) is 5.43 Å². The fourth-order valence-electron chi connectivity index (χ4n) is 3.72. The lowest BCUT2D eigenvalue weighted by atomic mass is 10.1. The number of aryl methyl sites for hydroxylation is 3. The molecular formula is C26H24N4O. The second kappa shape index (κ2) is 8.37. The van der Waals surface area contributed by atoms with Gasteiger partial charge in [-0.15, -0.1) is 0 Å². The molecule has 0 bridgehead atoms. The number of para-hydroxylation sites is 1. The van der Waals surface area contributed by atoms with E-state index in [1.54, 1.807) is 10.8 Å². The standard InChI is InChI=1S/C26H24N4O/c1-18-8-12-21(13-9-18)16-29-17-23(24-6-4-5-7-25(24)29)14-22(15-27)26(31)28-30-19(2)10-11-20(30)3/h4-14,17H,16H2,1-3H3,(H,28,31)/b22-14+. The molecule has 0 aliphatic rings. The average Bonchev–Trinajstić information content (AvgIpc) is 3.28. The Bertz CT molecular complexity index is 1310. The first-order chi connectivity index (χ1) is 15.0. The number of aromatic nitrogens is 2. The third-order valence-corrected chi connectivity index (χ3v) is 5.44. The molecule has 2 heterocycles. The fraction of sp³-hybridized carbons (Fsp3) is 0.154. The highest BCUT2D eigenvalue weighted by atomic mass is 16.2. The number of nitrogens with one attached hydrogen (secondary N) is 1. The molecule has 5 heteroatoms. The molecular weight excluding hydrogens is 384 g/mol. The van der Waals surface area contributed by atoms with Gasteiger partial charge in [0.25, 0.3) is 5.91 Å². The van der Waals surface area contributed by atoms with Crippen molar-refractivity contribution in [3.8, 4) is 6.07 Å². The van der Waals surface area contributed by atoms with Gasteiger partial charge >= 0.3 is 0 Å². The van der Waals surface area contributed by atoms with Gasteiger partial charge in [0.05, 0.1) is 0 Å². The van der Waals surface area contributed by atoms with E-state index in [1.165, 1.54) is 11.1 Å². The maximum atomic E-state index is 12.8. The zero-order valence-corrected chi connectivity index (χ0v) is 17.9. The molecule has 0 unspecified atom stereocenters. The first-order valence-electron chi connectivity index (χ1n) is 10.2. The van der Waals surface area contributed by atoms with Gasteiger partial charge in [-0.3, -0.25) is 14.9 Å². The summed E-state index contributed by atoms with van der Waals surface area (Å²) < 4.78 is 3.84. The van der Waals surface area contributed by atoms with Gasteiger partial charge < -0.3 is 4.57 Å². The van der Waals surface area contributed by atoms with Crippen LogP contribution < -0.4 is 5.43 Å². The molecule has 0 radical (unpaired) electrons. The number of rotatable bonds is 5. The zero-order valence-electron chi connectivity index (χ0n) is 17.9. The quantitative estimate of drug-likeness (QED) is 0.369. The van der Waals surface area contributed by atoms with Gasteiger partial charge in [0.2, 0.25) is 0 Å². The van der Waals surface area contributed by atoms with Gasteiger partial charge in [-0.2, -0.15) is 5.26 Å². The van der Waals surface area contributed by atoms with Crippen LogP contribution in [-0.4, -0.2) is 15.2 Å². The minimum Gasteiger partial charge on any atom is -0.342 e. The molecule has 0 atom stereocenters. The Labute approximate surface area is 181 Å². The van der Waals surface area contributed by atoms with Crippen LogP contribution in [0.1, 0.15) is 28.1 Å². The lowest BCUT2D eigenvalue weighted by Crippen LogP contribution is -2.25. The monoisotopic (exact) mass is 408 g/mol. The van der Waals surface area contributed by atoms with Gasteiger partial charge in [-0.1, -0.05) is 48.0 Å². The van der Waals surface area contributed by atoms with Crippen LogP contribution in [0.2, 0.25) is 0 Å². The number of fused-ring (bicyclic) bond motifs is 1. The first kappa shape index (κ1) is 20.2. The Morgan fingerprint density at radius 1 is 1.00 bits per heavy atom. The molecule has 2 aromatic carbocycles. The summed E-state index contributed by atoms with van der Waals surface area (Å²) in [6.45, 7) is 6.59. The number of carbonyl (C=O) groups excluding carboxylic acids is 1. The van der Waals surface area contributed by atoms with Gasteiger partial charge in [-0.25, -0.2) is 0 Å². The second-order valence-corrected chi connectivity index (χ2v) is 7.78. The van der Waals surface area contributed by atoms with Crippen molar-refractivity contribution in [1.82, 2.24) is 9.24 Å². The third-order valence-electron chi connectivity index (χ3n) is 5.44.